The maximum absolute atomic E-state index is 13.1. The highest BCUT2D eigenvalue weighted by atomic mass is 16.7. The molecule has 0 radical (unpaired) electrons. The molecule has 1 amide bonds. The average molecular weight is 942 g/mol. The number of allylic oxidation sites excluding steroid dienone is 2. The molecular weight excluding hydrogens is 835 g/mol. The van der Waals surface area contributed by atoms with Gasteiger partial charge in [0.05, 0.1) is 25.4 Å². The fraction of sp³-hybridized carbons (Fsp3) is 0.945. The first-order chi connectivity index (χ1) is 32.2. The summed E-state index contributed by atoms with van der Waals surface area (Å²) >= 11 is 0. The fourth-order valence-corrected chi connectivity index (χ4v) is 9.21. The van der Waals surface area contributed by atoms with Gasteiger partial charge in [0.2, 0.25) is 5.91 Å². The maximum atomic E-state index is 13.1. The summed E-state index contributed by atoms with van der Waals surface area (Å²) in [7, 11) is 0. The van der Waals surface area contributed by atoms with E-state index >= 15 is 0 Å². The number of aliphatic hydroxyl groups is 7. The summed E-state index contributed by atoms with van der Waals surface area (Å²) in [6.45, 7) is 3.47. The Bertz CT molecular complexity index is 1080. The number of rotatable bonds is 48. The molecule has 1 aliphatic rings. The minimum atomic E-state index is -1.66. The first-order valence-corrected chi connectivity index (χ1v) is 28.1. The van der Waals surface area contributed by atoms with E-state index in [0.717, 1.165) is 38.5 Å². The summed E-state index contributed by atoms with van der Waals surface area (Å²) in [5, 5.41) is 76.0. The Morgan fingerprint density at radius 3 is 1.30 bits per heavy atom. The van der Waals surface area contributed by atoms with Crippen LogP contribution in [0.4, 0.5) is 0 Å². The van der Waals surface area contributed by atoms with Gasteiger partial charge < -0.3 is 50.5 Å². The molecule has 0 aromatic carbocycles. The molecule has 1 rings (SSSR count). The maximum Gasteiger partial charge on any atom is 0.249 e. The van der Waals surface area contributed by atoms with Crippen molar-refractivity contribution in [1.29, 1.82) is 0 Å². The molecule has 392 valence electrons. The molecule has 0 spiro atoms. The Hall–Kier alpha value is -1.15. The number of carbonyl (C=O) groups excluding carboxylic acids is 1. The normalized spacial score (nSPS) is 20.8. The van der Waals surface area contributed by atoms with Gasteiger partial charge in [0.1, 0.15) is 36.6 Å². The molecule has 11 heteroatoms. The van der Waals surface area contributed by atoms with Gasteiger partial charge in [-0.2, -0.15) is 0 Å². The number of nitrogens with one attached hydrogen (secondary N) is 1. The lowest BCUT2D eigenvalue weighted by molar-refractivity contribution is -0.303. The predicted octanol–water partition coefficient (Wildman–Crippen LogP) is 11.2. The van der Waals surface area contributed by atoms with Gasteiger partial charge >= 0.3 is 0 Å². The van der Waals surface area contributed by atoms with E-state index in [2.05, 4.69) is 31.3 Å². The van der Waals surface area contributed by atoms with E-state index in [4.69, 9.17) is 9.47 Å². The molecule has 0 aromatic heterocycles. The summed E-state index contributed by atoms with van der Waals surface area (Å²) in [5.74, 6) is -0.701. The number of hydrogen-bond donors (Lipinski definition) is 8. The van der Waals surface area contributed by atoms with Gasteiger partial charge in [0.15, 0.2) is 6.29 Å². The van der Waals surface area contributed by atoms with Gasteiger partial charge in [0, 0.05) is 0 Å². The standard InChI is InChI=1S/C55H107NO10/c1-3-5-7-9-11-13-15-17-19-21-22-23-24-25-27-28-30-32-34-36-38-40-42-47(58)50(60)46(45-65-55-53(63)52(62)51(61)49(44-57)66-55)56-54(64)48(59)43-41-39-37-35-33-31-29-26-20-18-16-14-12-10-8-6-4-2/h34,36,46-53,55,57-63H,3-33,35,37-45H2,1-2H3,(H,56,64)/b36-34+. The van der Waals surface area contributed by atoms with E-state index in [-0.39, 0.29) is 12.8 Å². The lowest BCUT2D eigenvalue weighted by atomic mass is 9.98. The Kier molecular flexibility index (Phi) is 42.9. The average Bonchev–Trinajstić information content (AvgIpc) is 3.32. The minimum Gasteiger partial charge on any atom is -0.394 e. The molecule has 9 unspecified atom stereocenters. The van der Waals surface area contributed by atoms with Crippen LogP contribution >= 0.6 is 0 Å². The van der Waals surface area contributed by atoms with Gasteiger partial charge in [-0.1, -0.05) is 238 Å². The van der Waals surface area contributed by atoms with Crippen molar-refractivity contribution in [3.8, 4) is 0 Å². The second-order valence-corrected chi connectivity index (χ2v) is 20.0. The summed E-state index contributed by atoms with van der Waals surface area (Å²) in [4.78, 5) is 13.1. The zero-order valence-corrected chi connectivity index (χ0v) is 42.7. The van der Waals surface area contributed by atoms with Crippen LogP contribution in [0.15, 0.2) is 12.2 Å². The van der Waals surface area contributed by atoms with Crippen molar-refractivity contribution >= 4 is 5.91 Å². The van der Waals surface area contributed by atoms with Crippen molar-refractivity contribution < 1.29 is 50.0 Å². The van der Waals surface area contributed by atoms with E-state index in [1.165, 1.54) is 186 Å². The second-order valence-electron chi connectivity index (χ2n) is 20.0. The Morgan fingerprint density at radius 1 is 0.515 bits per heavy atom. The molecule has 9 atom stereocenters. The molecule has 1 heterocycles. The van der Waals surface area contributed by atoms with Gasteiger partial charge in [-0.25, -0.2) is 0 Å². The van der Waals surface area contributed by atoms with Crippen molar-refractivity contribution in [2.24, 2.45) is 0 Å². The molecule has 1 aliphatic heterocycles. The molecule has 0 aliphatic carbocycles. The van der Waals surface area contributed by atoms with E-state index in [1.54, 1.807) is 0 Å². The highest BCUT2D eigenvalue weighted by Gasteiger charge is 2.44. The third-order valence-electron chi connectivity index (χ3n) is 13.8. The zero-order valence-electron chi connectivity index (χ0n) is 42.7. The Balaban J connectivity index is 2.35. The largest absolute Gasteiger partial charge is 0.394 e. The number of carbonyl (C=O) groups is 1. The molecular formula is C55H107NO10. The molecule has 1 fully saturated rings. The molecule has 0 aromatic rings. The van der Waals surface area contributed by atoms with Gasteiger partial charge in [-0.3, -0.25) is 4.79 Å². The third-order valence-corrected chi connectivity index (χ3v) is 13.8. The summed E-state index contributed by atoms with van der Waals surface area (Å²) in [6.07, 6.45) is 39.8. The number of unbranched alkanes of at least 4 members (excludes halogenated alkanes) is 34. The number of amides is 1. The smallest absolute Gasteiger partial charge is 0.249 e. The quantitative estimate of drug-likeness (QED) is 0.0215. The van der Waals surface area contributed by atoms with Crippen molar-refractivity contribution in [3.63, 3.8) is 0 Å². The molecule has 0 bridgehead atoms. The van der Waals surface area contributed by atoms with Gasteiger partial charge in [-0.05, 0) is 38.5 Å². The lowest BCUT2D eigenvalue weighted by Gasteiger charge is -2.40. The van der Waals surface area contributed by atoms with Crippen LogP contribution in [0.1, 0.15) is 264 Å². The Labute approximate surface area is 404 Å². The fourth-order valence-electron chi connectivity index (χ4n) is 9.21. The molecule has 0 saturated carbocycles. The Morgan fingerprint density at radius 2 is 0.894 bits per heavy atom. The van der Waals surface area contributed by atoms with Crippen LogP contribution < -0.4 is 5.32 Å². The summed E-state index contributed by atoms with van der Waals surface area (Å²) in [5.41, 5.74) is 0. The monoisotopic (exact) mass is 942 g/mol. The van der Waals surface area contributed by atoms with Gasteiger partial charge in [-0.15, -0.1) is 0 Å². The van der Waals surface area contributed by atoms with E-state index in [0.29, 0.717) is 12.8 Å². The third kappa shape index (κ3) is 33.4. The topological polar surface area (TPSA) is 189 Å². The highest BCUT2D eigenvalue weighted by Crippen LogP contribution is 2.23. The molecule has 1 saturated heterocycles. The van der Waals surface area contributed by atoms with Gasteiger partial charge in [0.25, 0.3) is 0 Å². The lowest BCUT2D eigenvalue weighted by Crippen LogP contribution is -2.60. The van der Waals surface area contributed by atoms with Crippen molar-refractivity contribution in [1.82, 2.24) is 5.32 Å². The van der Waals surface area contributed by atoms with Crippen molar-refractivity contribution in [3.05, 3.63) is 12.2 Å². The van der Waals surface area contributed by atoms with Crippen LogP contribution in [0.2, 0.25) is 0 Å². The predicted molar refractivity (Wildman–Crippen MR) is 270 cm³/mol. The summed E-state index contributed by atoms with van der Waals surface area (Å²) in [6, 6.07) is -1.18. The molecule has 8 N–H and O–H groups in total. The van der Waals surface area contributed by atoms with E-state index in [9.17, 15) is 40.5 Å². The van der Waals surface area contributed by atoms with Crippen molar-refractivity contribution in [2.75, 3.05) is 13.2 Å². The number of ether oxygens (including phenoxy) is 2. The van der Waals surface area contributed by atoms with Crippen LogP contribution in [0.3, 0.4) is 0 Å². The SMILES string of the molecule is CCCCCCCCCCCCCCCCCCC/C=C/CCCC(O)C(O)C(COC1OC(CO)C(O)C(O)C1O)NC(=O)C(O)CCCCCCCCCCCCCCCCCCC. The molecule has 11 nitrogen and oxygen atoms in total. The summed E-state index contributed by atoms with van der Waals surface area (Å²) < 4.78 is 11.1. The van der Waals surface area contributed by atoms with Crippen molar-refractivity contribution in [2.45, 2.75) is 319 Å². The van der Waals surface area contributed by atoms with Crippen LogP contribution in [0, 0.1) is 0 Å². The van der Waals surface area contributed by atoms with E-state index < -0.39 is 74.2 Å². The van der Waals surface area contributed by atoms with Crippen LogP contribution in [-0.4, -0.2) is 110 Å². The van der Waals surface area contributed by atoms with Crippen LogP contribution in [0.25, 0.3) is 0 Å². The second kappa shape index (κ2) is 45.0. The number of hydrogen-bond acceptors (Lipinski definition) is 10. The van der Waals surface area contributed by atoms with Crippen LogP contribution in [0.5, 0.6) is 0 Å². The zero-order chi connectivity index (χ0) is 48.3. The van der Waals surface area contributed by atoms with E-state index in [1.807, 2.05) is 0 Å². The van der Waals surface area contributed by atoms with Crippen LogP contribution in [-0.2, 0) is 14.3 Å². The first-order valence-electron chi connectivity index (χ1n) is 28.1. The number of aliphatic hydroxyl groups excluding tert-OH is 7. The highest BCUT2D eigenvalue weighted by molar-refractivity contribution is 5.80. The first kappa shape index (κ1) is 62.9. The minimum absolute atomic E-state index is 0.259. The molecule has 66 heavy (non-hydrogen) atoms.